The molecule has 2 unspecified atom stereocenters. The summed E-state index contributed by atoms with van der Waals surface area (Å²) >= 11 is 0. The first-order valence-electron chi connectivity index (χ1n) is 9.56. The van der Waals surface area contributed by atoms with Gasteiger partial charge in [0.05, 0.1) is 19.6 Å². The standard InChI is InChI=1S/C20H28F4O3/c1-3-6-14-8-9-15(26-13-14)7-4-5-12-20(23,24)27-17-11-10-16(25-2)18(21)19(17)22/h10-11,14-15H,3-9,12-13H2,1-2H3. The van der Waals surface area contributed by atoms with E-state index in [0.717, 1.165) is 51.5 Å². The van der Waals surface area contributed by atoms with E-state index in [9.17, 15) is 17.6 Å². The number of hydrogen-bond donors (Lipinski definition) is 0. The summed E-state index contributed by atoms with van der Waals surface area (Å²) in [4.78, 5) is 0. The van der Waals surface area contributed by atoms with Crippen LogP contribution in [0.3, 0.4) is 0 Å². The van der Waals surface area contributed by atoms with Crippen molar-refractivity contribution in [2.24, 2.45) is 5.92 Å². The average Bonchev–Trinajstić information content (AvgIpc) is 2.64. The Kier molecular flexibility index (Phi) is 8.20. The molecule has 1 saturated heterocycles. The second-order valence-corrected chi connectivity index (χ2v) is 7.07. The molecular formula is C20H28F4O3. The van der Waals surface area contributed by atoms with Crippen molar-refractivity contribution in [3.05, 3.63) is 23.8 Å². The first-order chi connectivity index (χ1) is 12.9. The van der Waals surface area contributed by atoms with Gasteiger partial charge in [-0.25, -0.2) is 0 Å². The van der Waals surface area contributed by atoms with Crippen LogP contribution in [0.4, 0.5) is 17.6 Å². The third-order valence-corrected chi connectivity index (χ3v) is 4.90. The van der Waals surface area contributed by atoms with Crippen molar-refractivity contribution in [1.82, 2.24) is 0 Å². The molecule has 0 aliphatic carbocycles. The number of rotatable bonds is 10. The molecule has 0 amide bonds. The van der Waals surface area contributed by atoms with E-state index in [-0.39, 0.29) is 18.3 Å². The summed E-state index contributed by atoms with van der Waals surface area (Å²) in [5.74, 6) is -3.40. The lowest BCUT2D eigenvalue weighted by Gasteiger charge is -2.29. The van der Waals surface area contributed by atoms with Gasteiger partial charge < -0.3 is 14.2 Å². The molecule has 2 atom stereocenters. The molecular weight excluding hydrogens is 364 g/mol. The molecule has 1 aliphatic heterocycles. The lowest BCUT2D eigenvalue weighted by atomic mass is 9.92. The van der Waals surface area contributed by atoms with Crippen LogP contribution in [0.2, 0.25) is 0 Å². The molecule has 1 aliphatic rings. The van der Waals surface area contributed by atoms with Gasteiger partial charge in [-0.2, -0.15) is 17.6 Å². The average molecular weight is 392 g/mol. The molecule has 0 bridgehead atoms. The van der Waals surface area contributed by atoms with E-state index >= 15 is 0 Å². The molecule has 0 N–H and O–H groups in total. The van der Waals surface area contributed by atoms with Crippen molar-refractivity contribution in [2.75, 3.05) is 13.7 Å². The van der Waals surface area contributed by atoms with Crippen LogP contribution in [-0.2, 0) is 4.74 Å². The molecule has 0 saturated carbocycles. The Balaban J connectivity index is 1.73. The van der Waals surface area contributed by atoms with E-state index < -0.39 is 29.9 Å². The van der Waals surface area contributed by atoms with Crippen LogP contribution >= 0.6 is 0 Å². The lowest BCUT2D eigenvalue weighted by Crippen LogP contribution is -2.27. The molecule has 1 fully saturated rings. The van der Waals surface area contributed by atoms with Gasteiger partial charge in [0, 0.05) is 6.61 Å². The van der Waals surface area contributed by atoms with Crippen molar-refractivity contribution >= 4 is 0 Å². The maximum absolute atomic E-state index is 13.9. The summed E-state index contributed by atoms with van der Waals surface area (Å²) in [6.45, 7) is 2.90. The van der Waals surface area contributed by atoms with Gasteiger partial charge in [-0.3, -0.25) is 0 Å². The van der Waals surface area contributed by atoms with Crippen molar-refractivity contribution < 1.29 is 31.8 Å². The molecule has 1 heterocycles. The highest BCUT2D eigenvalue weighted by atomic mass is 19.3. The largest absolute Gasteiger partial charge is 0.494 e. The summed E-state index contributed by atoms with van der Waals surface area (Å²) in [7, 11) is 1.16. The maximum Gasteiger partial charge on any atom is 0.397 e. The van der Waals surface area contributed by atoms with Gasteiger partial charge >= 0.3 is 6.11 Å². The Hall–Kier alpha value is -1.50. The zero-order valence-corrected chi connectivity index (χ0v) is 15.9. The third-order valence-electron chi connectivity index (χ3n) is 4.90. The molecule has 7 heteroatoms. The van der Waals surface area contributed by atoms with E-state index in [4.69, 9.17) is 4.74 Å². The quantitative estimate of drug-likeness (QED) is 0.356. The predicted molar refractivity (Wildman–Crippen MR) is 94.3 cm³/mol. The first-order valence-corrected chi connectivity index (χ1v) is 9.56. The highest BCUT2D eigenvalue weighted by Crippen LogP contribution is 2.33. The van der Waals surface area contributed by atoms with Crippen LogP contribution in [0.5, 0.6) is 11.5 Å². The molecule has 0 aromatic heterocycles. The fourth-order valence-corrected chi connectivity index (χ4v) is 3.39. The number of benzene rings is 1. The predicted octanol–water partition coefficient (Wildman–Crippen LogP) is 6.10. The van der Waals surface area contributed by atoms with Crippen LogP contribution in [0.15, 0.2) is 12.1 Å². The number of ether oxygens (including phenoxy) is 3. The highest BCUT2D eigenvalue weighted by molar-refractivity contribution is 5.35. The van der Waals surface area contributed by atoms with E-state index in [2.05, 4.69) is 16.4 Å². The van der Waals surface area contributed by atoms with Crippen molar-refractivity contribution in [1.29, 1.82) is 0 Å². The summed E-state index contributed by atoms with van der Waals surface area (Å²) < 4.78 is 70.0. The van der Waals surface area contributed by atoms with Crippen LogP contribution in [0.1, 0.15) is 58.3 Å². The van der Waals surface area contributed by atoms with Gasteiger partial charge in [0.25, 0.3) is 0 Å². The molecule has 0 spiro atoms. The highest BCUT2D eigenvalue weighted by Gasteiger charge is 2.33. The Bertz CT molecular complexity index is 587. The molecule has 1 aromatic rings. The Morgan fingerprint density at radius 2 is 1.78 bits per heavy atom. The topological polar surface area (TPSA) is 27.7 Å². The van der Waals surface area contributed by atoms with Gasteiger partial charge in [-0.05, 0) is 50.2 Å². The second kappa shape index (κ2) is 10.2. The van der Waals surface area contributed by atoms with Gasteiger partial charge in [-0.15, -0.1) is 0 Å². The monoisotopic (exact) mass is 392 g/mol. The first kappa shape index (κ1) is 21.8. The molecule has 1 aromatic carbocycles. The van der Waals surface area contributed by atoms with Gasteiger partial charge in [0.15, 0.2) is 11.5 Å². The Morgan fingerprint density at radius 1 is 1.07 bits per heavy atom. The summed E-state index contributed by atoms with van der Waals surface area (Å²) in [5.41, 5.74) is 0. The normalized spacial score (nSPS) is 20.5. The third kappa shape index (κ3) is 6.55. The zero-order valence-electron chi connectivity index (χ0n) is 15.9. The number of methoxy groups -OCH3 is 1. The van der Waals surface area contributed by atoms with Crippen LogP contribution in [0.25, 0.3) is 0 Å². The molecule has 154 valence electrons. The number of hydrogen-bond acceptors (Lipinski definition) is 3. The minimum atomic E-state index is -3.57. The maximum atomic E-state index is 13.9. The molecule has 2 rings (SSSR count). The fraction of sp³-hybridized carbons (Fsp3) is 0.700. The van der Waals surface area contributed by atoms with Crippen molar-refractivity contribution in [3.63, 3.8) is 0 Å². The number of halogens is 4. The zero-order chi connectivity index (χ0) is 19.9. The smallest absolute Gasteiger partial charge is 0.397 e. The minimum Gasteiger partial charge on any atom is -0.494 e. The van der Waals surface area contributed by atoms with E-state index in [1.807, 2.05) is 0 Å². The molecule has 27 heavy (non-hydrogen) atoms. The number of alkyl halides is 2. The van der Waals surface area contributed by atoms with Crippen molar-refractivity contribution in [2.45, 2.75) is 70.5 Å². The fourth-order valence-electron chi connectivity index (χ4n) is 3.39. The lowest BCUT2D eigenvalue weighted by molar-refractivity contribution is -0.183. The Morgan fingerprint density at radius 3 is 2.41 bits per heavy atom. The SMILES string of the molecule is CCCC1CCC(CCCCC(F)(F)Oc2ccc(OC)c(F)c2F)OC1. The summed E-state index contributed by atoms with van der Waals surface area (Å²) in [6.07, 6.45) is 1.90. The van der Waals surface area contributed by atoms with Crippen LogP contribution < -0.4 is 9.47 Å². The van der Waals surface area contributed by atoms with Crippen molar-refractivity contribution in [3.8, 4) is 11.5 Å². The Labute approximate surface area is 158 Å². The van der Waals surface area contributed by atoms with Crippen LogP contribution in [0, 0.1) is 17.6 Å². The van der Waals surface area contributed by atoms with E-state index in [1.165, 1.54) is 6.42 Å². The van der Waals surface area contributed by atoms with Gasteiger partial charge in [0.1, 0.15) is 0 Å². The van der Waals surface area contributed by atoms with Gasteiger partial charge in [0.2, 0.25) is 11.6 Å². The molecule has 0 radical (unpaired) electrons. The summed E-state index contributed by atoms with van der Waals surface area (Å²) in [5, 5.41) is 0. The minimum absolute atomic E-state index is 0.126. The van der Waals surface area contributed by atoms with Gasteiger partial charge in [-0.1, -0.05) is 19.8 Å². The number of unbranched alkanes of at least 4 members (excludes halogenated alkanes) is 1. The summed E-state index contributed by atoms with van der Waals surface area (Å²) in [6, 6.07) is 1.99. The van der Waals surface area contributed by atoms with E-state index in [0.29, 0.717) is 12.3 Å². The van der Waals surface area contributed by atoms with Crippen LogP contribution in [-0.4, -0.2) is 25.9 Å². The molecule has 3 nitrogen and oxygen atoms in total. The second-order valence-electron chi connectivity index (χ2n) is 7.07. The van der Waals surface area contributed by atoms with E-state index in [1.54, 1.807) is 0 Å².